The Morgan fingerprint density at radius 1 is 1.24 bits per heavy atom. The monoisotopic (exact) mass is 311 g/mol. The molecule has 1 aromatic carbocycles. The van der Waals surface area contributed by atoms with Gasteiger partial charge in [0.2, 0.25) is 10.0 Å². The van der Waals surface area contributed by atoms with Crippen LogP contribution in [0.4, 0.5) is 0 Å². The van der Waals surface area contributed by atoms with Crippen LogP contribution in [-0.2, 0) is 14.8 Å². The topological polar surface area (TPSA) is 46.6 Å². The van der Waals surface area contributed by atoms with Gasteiger partial charge in [-0.05, 0) is 50.7 Å². The van der Waals surface area contributed by atoms with Crippen molar-refractivity contribution in [3.05, 3.63) is 28.8 Å². The number of aryl methyl sites for hydroxylation is 3. The highest BCUT2D eigenvalue weighted by Crippen LogP contribution is 2.28. The van der Waals surface area contributed by atoms with Crippen LogP contribution in [0.3, 0.4) is 0 Å². The van der Waals surface area contributed by atoms with Crippen molar-refractivity contribution >= 4 is 10.0 Å². The Morgan fingerprint density at radius 3 is 2.43 bits per heavy atom. The fourth-order valence-electron chi connectivity index (χ4n) is 3.32. The van der Waals surface area contributed by atoms with Gasteiger partial charge < -0.3 is 4.74 Å². The molecule has 0 bridgehead atoms. The van der Waals surface area contributed by atoms with Crippen molar-refractivity contribution < 1.29 is 13.2 Å². The summed E-state index contributed by atoms with van der Waals surface area (Å²) in [6.07, 6.45) is 1.93. The molecule has 21 heavy (non-hydrogen) atoms. The van der Waals surface area contributed by atoms with Crippen molar-refractivity contribution in [2.45, 2.75) is 38.5 Å². The standard InChI is InChI=1S/C16H25NO3S/c1-12-8-13(2)16(14(3)9-12)21(18,19)17-7-5-6-15(10-17)11-20-4/h8-9,15H,5-7,10-11H2,1-4H3. The Labute approximate surface area is 128 Å². The average molecular weight is 311 g/mol. The SMILES string of the molecule is COCC1CCCN(S(=O)(=O)c2c(C)cc(C)cc2C)C1. The molecule has 118 valence electrons. The van der Waals surface area contributed by atoms with E-state index >= 15 is 0 Å². The second kappa shape index (κ2) is 6.46. The van der Waals surface area contributed by atoms with Crippen LogP contribution in [0, 0.1) is 26.7 Å². The minimum atomic E-state index is -3.41. The Kier molecular flexibility index (Phi) is 5.07. The largest absolute Gasteiger partial charge is 0.384 e. The molecule has 0 aliphatic carbocycles. The molecule has 0 saturated carbocycles. The van der Waals surface area contributed by atoms with Crippen LogP contribution in [0.15, 0.2) is 17.0 Å². The fourth-order valence-corrected chi connectivity index (χ4v) is 5.29. The zero-order valence-corrected chi connectivity index (χ0v) is 14.2. The number of hydrogen-bond acceptors (Lipinski definition) is 3. The third kappa shape index (κ3) is 3.47. The van der Waals surface area contributed by atoms with Gasteiger partial charge in [-0.1, -0.05) is 17.7 Å². The van der Waals surface area contributed by atoms with E-state index in [4.69, 9.17) is 4.74 Å². The Balaban J connectivity index is 2.34. The van der Waals surface area contributed by atoms with Gasteiger partial charge in [-0.15, -0.1) is 0 Å². The highest BCUT2D eigenvalue weighted by Gasteiger charge is 2.32. The van der Waals surface area contributed by atoms with E-state index in [0.29, 0.717) is 30.5 Å². The molecule has 0 aromatic heterocycles. The van der Waals surface area contributed by atoms with Gasteiger partial charge in [-0.2, -0.15) is 4.31 Å². The third-order valence-corrected chi connectivity index (χ3v) is 6.26. The second-order valence-electron chi connectivity index (χ2n) is 6.05. The molecule has 1 heterocycles. The average Bonchev–Trinajstić information content (AvgIpc) is 2.37. The van der Waals surface area contributed by atoms with Gasteiger partial charge in [-0.3, -0.25) is 0 Å². The summed E-state index contributed by atoms with van der Waals surface area (Å²) in [4.78, 5) is 0.478. The summed E-state index contributed by atoms with van der Waals surface area (Å²) in [7, 11) is -1.75. The predicted molar refractivity (Wildman–Crippen MR) is 84.0 cm³/mol. The highest BCUT2D eigenvalue weighted by atomic mass is 32.2. The van der Waals surface area contributed by atoms with Crippen LogP contribution >= 0.6 is 0 Å². The minimum absolute atomic E-state index is 0.296. The van der Waals surface area contributed by atoms with Gasteiger partial charge in [0.05, 0.1) is 11.5 Å². The predicted octanol–water partition coefficient (Wildman–Crippen LogP) is 2.66. The van der Waals surface area contributed by atoms with Crippen molar-refractivity contribution in [2.24, 2.45) is 5.92 Å². The lowest BCUT2D eigenvalue weighted by atomic mass is 10.0. The summed E-state index contributed by atoms with van der Waals surface area (Å²) in [5, 5.41) is 0. The molecule has 0 amide bonds. The summed E-state index contributed by atoms with van der Waals surface area (Å²) < 4.78 is 32.8. The first kappa shape index (κ1) is 16.5. The number of methoxy groups -OCH3 is 1. The molecule has 1 atom stereocenters. The van der Waals surface area contributed by atoms with E-state index < -0.39 is 10.0 Å². The van der Waals surface area contributed by atoms with Crippen molar-refractivity contribution in [1.82, 2.24) is 4.31 Å². The Morgan fingerprint density at radius 2 is 1.86 bits per heavy atom. The second-order valence-corrected chi connectivity index (χ2v) is 7.93. The fraction of sp³-hybridized carbons (Fsp3) is 0.625. The molecule has 1 saturated heterocycles. The summed E-state index contributed by atoms with van der Waals surface area (Å²) >= 11 is 0. The molecule has 0 spiro atoms. The molecular weight excluding hydrogens is 286 g/mol. The number of sulfonamides is 1. The summed E-state index contributed by atoms with van der Waals surface area (Å²) in [5.41, 5.74) is 2.77. The van der Waals surface area contributed by atoms with Crippen molar-refractivity contribution in [3.63, 3.8) is 0 Å². The first-order valence-corrected chi connectivity index (χ1v) is 8.87. The van der Waals surface area contributed by atoms with Crippen LogP contribution in [0.2, 0.25) is 0 Å². The molecule has 2 rings (SSSR count). The summed E-state index contributed by atoms with van der Waals surface area (Å²) in [5.74, 6) is 0.296. The number of benzene rings is 1. The third-order valence-electron chi connectivity index (χ3n) is 4.09. The molecule has 1 aliphatic rings. The van der Waals surface area contributed by atoms with E-state index in [2.05, 4.69) is 0 Å². The Bertz CT molecular complexity index is 585. The molecule has 1 fully saturated rings. The smallest absolute Gasteiger partial charge is 0.243 e. The van der Waals surface area contributed by atoms with Gasteiger partial charge in [-0.25, -0.2) is 8.42 Å². The molecule has 1 aliphatic heterocycles. The lowest BCUT2D eigenvalue weighted by Gasteiger charge is -2.32. The van der Waals surface area contributed by atoms with Gasteiger partial charge in [0.15, 0.2) is 0 Å². The van der Waals surface area contributed by atoms with Crippen LogP contribution in [0.1, 0.15) is 29.5 Å². The number of rotatable bonds is 4. The maximum absolute atomic E-state index is 13.0. The van der Waals surface area contributed by atoms with Crippen LogP contribution in [-0.4, -0.2) is 39.5 Å². The molecule has 0 N–H and O–H groups in total. The highest BCUT2D eigenvalue weighted by molar-refractivity contribution is 7.89. The molecular formula is C16H25NO3S. The first-order chi connectivity index (χ1) is 9.86. The summed E-state index contributed by atoms with van der Waals surface area (Å²) in [6, 6.07) is 3.88. The molecule has 5 heteroatoms. The van der Waals surface area contributed by atoms with E-state index in [-0.39, 0.29) is 0 Å². The lowest BCUT2D eigenvalue weighted by molar-refractivity contribution is 0.118. The van der Waals surface area contributed by atoms with Gasteiger partial charge in [0, 0.05) is 20.2 Å². The molecule has 1 aromatic rings. The number of ether oxygens (including phenoxy) is 1. The molecule has 0 radical (unpaired) electrons. The van der Waals surface area contributed by atoms with Crippen LogP contribution < -0.4 is 0 Å². The van der Waals surface area contributed by atoms with E-state index in [1.807, 2.05) is 32.9 Å². The van der Waals surface area contributed by atoms with E-state index in [1.165, 1.54) is 0 Å². The van der Waals surface area contributed by atoms with Crippen LogP contribution in [0.5, 0.6) is 0 Å². The normalized spacial score (nSPS) is 20.7. The van der Waals surface area contributed by atoms with Gasteiger partial charge in [0.1, 0.15) is 0 Å². The first-order valence-electron chi connectivity index (χ1n) is 7.43. The minimum Gasteiger partial charge on any atom is -0.384 e. The lowest BCUT2D eigenvalue weighted by Crippen LogP contribution is -2.41. The van der Waals surface area contributed by atoms with E-state index in [0.717, 1.165) is 29.5 Å². The number of hydrogen-bond donors (Lipinski definition) is 0. The maximum Gasteiger partial charge on any atom is 0.243 e. The maximum atomic E-state index is 13.0. The zero-order chi connectivity index (χ0) is 15.6. The van der Waals surface area contributed by atoms with Crippen LogP contribution in [0.25, 0.3) is 0 Å². The van der Waals surface area contributed by atoms with Crippen molar-refractivity contribution in [1.29, 1.82) is 0 Å². The Hall–Kier alpha value is -0.910. The molecule has 1 unspecified atom stereocenters. The molecule has 4 nitrogen and oxygen atoms in total. The van der Waals surface area contributed by atoms with Crippen molar-refractivity contribution in [3.8, 4) is 0 Å². The van der Waals surface area contributed by atoms with Gasteiger partial charge in [0.25, 0.3) is 0 Å². The quantitative estimate of drug-likeness (QED) is 0.859. The van der Waals surface area contributed by atoms with Gasteiger partial charge >= 0.3 is 0 Å². The van der Waals surface area contributed by atoms with Crippen molar-refractivity contribution in [2.75, 3.05) is 26.8 Å². The zero-order valence-electron chi connectivity index (χ0n) is 13.3. The number of nitrogens with zero attached hydrogens (tertiary/aromatic N) is 1. The summed E-state index contributed by atoms with van der Waals surface area (Å²) in [6.45, 7) is 7.54. The van der Waals surface area contributed by atoms with E-state index in [9.17, 15) is 8.42 Å². The number of piperidine rings is 1. The van der Waals surface area contributed by atoms with E-state index in [1.54, 1.807) is 11.4 Å².